The number of nitrogens with one attached hydrogen (secondary N) is 1. The maximum Gasteiger partial charge on any atom is 0.249 e. The summed E-state index contributed by atoms with van der Waals surface area (Å²) in [6.07, 6.45) is 20.1. The molecule has 2 unspecified atom stereocenters. The number of ether oxygens (including phenoxy) is 1. The average molecular weight is 670 g/mol. The van der Waals surface area contributed by atoms with E-state index in [2.05, 4.69) is 102 Å². The van der Waals surface area contributed by atoms with Gasteiger partial charge in [0.15, 0.2) is 18.3 Å². The van der Waals surface area contributed by atoms with E-state index in [1.807, 2.05) is 0 Å². The highest BCUT2D eigenvalue weighted by atomic mass is 28.3. The molecule has 0 bridgehead atoms. The Labute approximate surface area is 295 Å². The Morgan fingerprint density at radius 2 is 1.57 bits per heavy atom. The van der Waals surface area contributed by atoms with Gasteiger partial charge < -0.3 is 10.1 Å². The molecule has 2 atom stereocenters. The molecule has 1 aromatic carbocycles. The van der Waals surface area contributed by atoms with Crippen LogP contribution in [0.3, 0.4) is 0 Å². The van der Waals surface area contributed by atoms with Crippen molar-refractivity contribution in [3.05, 3.63) is 114 Å². The largest absolute Gasteiger partial charge is 0.442 e. The van der Waals surface area contributed by atoms with Crippen LogP contribution in [0.2, 0.25) is 19.6 Å². The predicted molar refractivity (Wildman–Crippen MR) is 204 cm³/mol. The Bertz CT molecular complexity index is 1870. The lowest BCUT2D eigenvalue weighted by molar-refractivity contribution is -0.728. The fourth-order valence-electron chi connectivity index (χ4n) is 9.95. The van der Waals surface area contributed by atoms with E-state index in [0.717, 1.165) is 48.1 Å². The number of rotatable bonds is 5. The van der Waals surface area contributed by atoms with Crippen LogP contribution in [0.4, 0.5) is 0 Å². The van der Waals surface area contributed by atoms with Crippen molar-refractivity contribution < 1.29 is 13.9 Å². The normalized spacial score (nSPS) is 22.9. The standard InChI is InChI=1S/C44H55N3OSi/c1-29-44-39(37-17-11-12-18-38(37)40-26-36(24-33-15-9-10-16-33)42(28-47(40)44)49(4,5)6)20-19-35-27-45-31(3)48-30(2)43(35)41-25-34(21-22-46(29)41)23-32-13-7-8-14-32/h11-12,17-18,21-22,25-26,28,32-33,39,44-45H,1-3,7-10,13-16,19-20,23-24,27H2,4-6H3/q+2. The second kappa shape index (κ2) is 12.9. The Morgan fingerprint density at radius 3 is 2.31 bits per heavy atom. The number of hydrogen-bond donors (Lipinski definition) is 1. The minimum atomic E-state index is -1.67. The first kappa shape index (κ1) is 32.5. The average Bonchev–Trinajstić information content (AvgIpc) is 3.77. The minimum absolute atomic E-state index is 0.0885. The van der Waals surface area contributed by atoms with Crippen molar-refractivity contribution in [3.8, 4) is 11.3 Å². The molecule has 0 spiro atoms. The maximum absolute atomic E-state index is 6.23. The molecule has 2 saturated carbocycles. The molecule has 2 aliphatic carbocycles. The highest BCUT2D eigenvalue weighted by molar-refractivity contribution is 6.89. The van der Waals surface area contributed by atoms with Crippen molar-refractivity contribution in [2.75, 3.05) is 6.54 Å². The lowest BCUT2D eigenvalue weighted by atomic mass is 9.78. The number of aromatic nitrogens is 2. The zero-order chi connectivity index (χ0) is 33.9. The summed E-state index contributed by atoms with van der Waals surface area (Å²) in [6.45, 7) is 22.0. The first-order valence-electron chi connectivity index (χ1n) is 19.1. The van der Waals surface area contributed by atoms with Crippen LogP contribution in [0.5, 0.6) is 0 Å². The van der Waals surface area contributed by atoms with E-state index in [-0.39, 0.29) is 12.0 Å². The molecule has 49 heavy (non-hydrogen) atoms. The maximum atomic E-state index is 6.23. The van der Waals surface area contributed by atoms with Gasteiger partial charge in [0, 0.05) is 35.5 Å². The summed E-state index contributed by atoms with van der Waals surface area (Å²) in [5, 5.41) is 5.07. The van der Waals surface area contributed by atoms with Gasteiger partial charge in [-0.25, -0.2) is 0 Å². The van der Waals surface area contributed by atoms with Crippen LogP contribution in [0, 0.1) is 11.8 Å². The van der Waals surface area contributed by atoms with Gasteiger partial charge in [0.2, 0.25) is 23.1 Å². The molecular weight excluding hydrogens is 615 g/mol. The summed E-state index contributed by atoms with van der Waals surface area (Å²) in [5.74, 6) is 3.11. The van der Waals surface area contributed by atoms with Crippen LogP contribution in [-0.2, 0) is 17.6 Å². The number of pyridine rings is 2. The minimum Gasteiger partial charge on any atom is -0.442 e. The molecule has 5 heteroatoms. The number of allylic oxidation sites excluding steroid dienone is 2. The van der Waals surface area contributed by atoms with Gasteiger partial charge in [-0.3, -0.25) is 0 Å². The lowest BCUT2D eigenvalue weighted by Crippen LogP contribution is -2.57. The second-order valence-electron chi connectivity index (χ2n) is 16.7. The van der Waals surface area contributed by atoms with E-state index in [9.17, 15) is 0 Å². The van der Waals surface area contributed by atoms with E-state index >= 15 is 0 Å². The zero-order valence-electron chi connectivity index (χ0n) is 30.1. The van der Waals surface area contributed by atoms with Crippen LogP contribution < -0.4 is 19.6 Å². The molecule has 4 nitrogen and oxygen atoms in total. The van der Waals surface area contributed by atoms with Gasteiger partial charge in [-0.2, -0.15) is 9.13 Å². The van der Waals surface area contributed by atoms with Gasteiger partial charge in [0.25, 0.3) is 0 Å². The van der Waals surface area contributed by atoms with Crippen LogP contribution in [0.25, 0.3) is 22.5 Å². The number of benzene rings is 1. The molecule has 254 valence electrons. The summed E-state index contributed by atoms with van der Waals surface area (Å²) in [7, 11) is -1.67. The SMILES string of the molecule is C=C1NCC2=C(C(=C)O1)c1cc(CC3CCCC3)cc[n+]1C(=C)C1C(CC2)c2ccccc2-c2cc(CC3CCCC3)c([Si](C)(C)C)c[n+]21. The van der Waals surface area contributed by atoms with E-state index < -0.39 is 8.07 Å². The van der Waals surface area contributed by atoms with Gasteiger partial charge in [-0.15, -0.1) is 0 Å². The Balaban J connectivity index is 1.32. The van der Waals surface area contributed by atoms with E-state index in [1.54, 1.807) is 10.8 Å². The van der Waals surface area contributed by atoms with Crippen molar-refractivity contribution in [1.29, 1.82) is 0 Å². The van der Waals surface area contributed by atoms with Crippen molar-refractivity contribution in [2.45, 2.75) is 109 Å². The van der Waals surface area contributed by atoms with Crippen LogP contribution in [0.1, 0.15) is 98.6 Å². The van der Waals surface area contributed by atoms with Crippen LogP contribution in [-0.4, -0.2) is 14.6 Å². The molecule has 5 aliphatic rings. The topological polar surface area (TPSA) is 29.0 Å². The molecule has 0 radical (unpaired) electrons. The fourth-order valence-corrected chi connectivity index (χ4v) is 11.6. The fraction of sp³-hybridized carbons (Fsp3) is 0.455. The summed E-state index contributed by atoms with van der Waals surface area (Å²) >= 11 is 0. The zero-order valence-corrected chi connectivity index (χ0v) is 31.1. The number of hydrogen-bond acceptors (Lipinski definition) is 2. The third-order valence-electron chi connectivity index (χ3n) is 12.4. The van der Waals surface area contributed by atoms with Crippen molar-refractivity contribution in [2.24, 2.45) is 11.8 Å². The molecule has 3 aromatic rings. The summed E-state index contributed by atoms with van der Waals surface area (Å²) < 4.78 is 11.3. The summed E-state index contributed by atoms with van der Waals surface area (Å²) in [5.41, 5.74) is 11.9. The lowest BCUT2D eigenvalue weighted by Gasteiger charge is -2.32. The molecule has 0 saturated heterocycles. The van der Waals surface area contributed by atoms with E-state index in [1.165, 1.54) is 85.7 Å². The smallest absolute Gasteiger partial charge is 0.249 e. The predicted octanol–water partition coefficient (Wildman–Crippen LogP) is 8.90. The quantitative estimate of drug-likeness (QED) is 0.217. The third-order valence-corrected chi connectivity index (χ3v) is 14.4. The first-order chi connectivity index (χ1) is 23.7. The third kappa shape index (κ3) is 6.07. The van der Waals surface area contributed by atoms with E-state index in [0.29, 0.717) is 18.2 Å². The number of fused-ring (bicyclic) bond motifs is 8. The van der Waals surface area contributed by atoms with Gasteiger partial charge in [0.05, 0.1) is 19.6 Å². The molecular formula is C44H55N3OSi+2. The van der Waals surface area contributed by atoms with Crippen molar-refractivity contribution >= 4 is 24.5 Å². The highest BCUT2D eigenvalue weighted by Crippen LogP contribution is 2.46. The molecule has 5 heterocycles. The van der Waals surface area contributed by atoms with Gasteiger partial charge in [-0.05, 0) is 79.0 Å². The number of nitrogens with zero attached hydrogens (tertiary/aromatic N) is 2. The monoisotopic (exact) mass is 669 g/mol. The Kier molecular flexibility index (Phi) is 8.54. The molecule has 8 rings (SSSR count). The molecule has 2 aromatic heterocycles. The summed E-state index contributed by atoms with van der Waals surface area (Å²) in [4.78, 5) is 0. The molecule has 1 N–H and O–H groups in total. The summed E-state index contributed by atoms with van der Waals surface area (Å²) in [6, 6.07) is 16.7. The second-order valence-corrected chi connectivity index (χ2v) is 21.7. The first-order valence-corrected chi connectivity index (χ1v) is 22.6. The van der Waals surface area contributed by atoms with Crippen LogP contribution >= 0.6 is 0 Å². The van der Waals surface area contributed by atoms with Crippen molar-refractivity contribution in [3.63, 3.8) is 0 Å². The van der Waals surface area contributed by atoms with Gasteiger partial charge in [0.1, 0.15) is 5.76 Å². The van der Waals surface area contributed by atoms with Gasteiger partial charge in [-0.1, -0.05) is 95.8 Å². The van der Waals surface area contributed by atoms with E-state index in [4.69, 9.17) is 11.3 Å². The molecule has 2 fully saturated rings. The van der Waals surface area contributed by atoms with Gasteiger partial charge >= 0.3 is 0 Å². The highest BCUT2D eigenvalue weighted by Gasteiger charge is 2.48. The Hall–Kier alpha value is -3.70. The molecule has 3 aliphatic heterocycles. The Morgan fingerprint density at radius 1 is 0.857 bits per heavy atom. The van der Waals surface area contributed by atoms with Crippen LogP contribution in [0.15, 0.2) is 91.8 Å². The molecule has 0 amide bonds. The van der Waals surface area contributed by atoms with Crippen molar-refractivity contribution in [1.82, 2.24) is 5.32 Å².